The van der Waals surface area contributed by atoms with Gasteiger partial charge in [-0.1, -0.05) is 26.0 Å². The quantitative estimate of drug-likeness (QED) is 0.614. The van der Waals surface area contributed by atoms with E-state index in [1.165, 1.54) is 4.90 Å². The van der Waals surface area contributed by atoms with Gasteiger partial charge in [-0.2, -0.15) is 0 Å². The van der Waals surface area contributed by atoms with Gasteiger partial charge >= 0.3 is 0 Å². The number of ether oxygens (including phenoxy) is 2. The van der Waals surface area contributed by atoms with E-state index >= 15 is 0 Å². The summed E-state index contributed by atoms with van der Waals surface area (Å²) < 4.78 is 11.1. The van der Waals surface area contributed by atoms with Crippen molar-refractivity contribution >= 4 is 17.4 Å². The van der Waals surface area contributed by atoms with Gasteiger partial charge in [0.1, 0.15) is 11.5 Å². The van der Waals surface area contributed by atoms with E-state index in [1.54, 1.807) is 24.3 Å². The maximum atomic E-state index is 13.1. The number of rotatable bonds is 9. The molecule has 0 bridgehead atoms. The molecule has 0 fully saturated rings. The Morgan fingerprint density at radius 3 is 2.29 bits per heavy atom. The molecule has 1 unspecified atom stereocenters. The topological polar surface area (TPSA) is 76.1 Å². The Hall–Kier alpha value is -3.28. The van der Waals surface area contributed by atoms with Crippen LogP contribution in [0.25, 0.3) is 0 Å². The molecule has 0 aromatic heterocycles. The van der Waals surface area contributed by atoms with Crippen LogP contribution in [-0.2, 0) is 9.59 Å². The summed E-state index contributed by atoms with van der Waals surface area (Å²) in [4.78, 5) is 27.7. The van der Waals surface area contributed by atoms with E-state index in [-0.39, 0.29) is 23.7 Å². The number of anilines is 1. The zero-order valence-corrected chi connectivity index (χ0v) is 18.4. The van der Waals surface area contributed by atoms with Crippen molar-refractivity contribution in [3.05, 3.63) is 65.4 Å². The minimum Gasteiger partial charge on any atom is -0.503 e. The van der Waals surface area contributed by atoms with Crippen LogP contribution in [0.1, 0.15) is 45.7 Å². The van der Waals surface area contributed by atoms with Crippen molar-refractivity contribution in [3.63, 3.8) is 0 Å². The molecule has 3 rings (SSSR count). The predicted molar refractivity (Wildman–Crippen MR) is 120 cm³/mol. The summed E-state index contributed by atoms with van der Waals surface area (Å²) in [5.74, 6) is 0.0931. The third-order valence-corrected chi connectivity index (χ3v) is 5.01. The summed E-state index contributed by atoms with van der Waals surface area (Å²) in [6.45, 7) is 8.68. The van der Waals surface area contributed by atoms with Crippen LogP contribution in [0.3, 0.4) is 0 Å². The smallest absolute Gasteiger partial charge is 0.294 e. The largest absolute Gasteiger partial charge is 0.503 e. The number of carbonyl (C=O) groups is 2. The highest BCUT2D eigenvalue weighted by Gasteiger charge is 2.44. The van der Waals surface area contributed by atoms with E-state index in [0.717, 1.165) is 0 Å². The third kappa shape index (κ3) is 4.74. The van der Waals surface area contributed by atoms with Gasteiger partial charge in [-0.15, -0.1) is 0 Å². The van der Waals surface area contributed by atoms with Crippen LogP contribution in [0.15, 0.2) is 59.9 Å². The average Bonchev–Trinajstić information content (AvgIpc) is 3.00. The van der Waals surface area contributed by atoms with Gasteiger partial charge in [0, 0.05) is 12.1 Å². The summed E-state index contributed by atoms with van der Waals surface area (Å²) in [5, 5.41) is 10.7. The zero-order chi connectivity index (χ0) is 22.5. The first-order valence-electron chi connectivity index (χ1n) is 10.6. The van der Waals surface area contributed by atoms with Crippen LogP contribution in [-0.4, -0.2) is 30.0 Å². The lowest BCUT2D eigenvalue weighted by Gasteiger charge is -2.27. The standard InChI is InChI=1S/C25H29NO5/c1-5-30-19-12-10-18(11-13-19)26-23(17-8-7-9-20(15-17)31-6-2)22(24(28)25(26)29)21(27)14-16(3)4/h7-13,15-16,23,28H,5-6,14H2,1-4H3. The molecule has 6 nitrogen and oxygen atoms in total. The minimum absolute atomic E-state index is 0.0952. The molecule has 1 amide bonds. The van der Waals surface area contributed by atoms with E-state index in [2.05, 4.69) is 0 Å². The number of benzene rings is 2. The van der Waals surface area contributed by atoms with Gasteiger partial charge in [0.25, 0.3) is 5.91 Å². The van der Waals surface area contributed by atoms with Gasteiger partial charge in [-0.05, 0) is 61.7 Å². The lowest BCUT2D eigenvalue weighted by molar-refractivity contribution is -0.118. The highest BCUT2D eigenvalue weighted by molar-refractivity contribution is 6.16. The number of amides is 1. The molecule has 1 heterocycles. The molecule has 31 heavy (non-hydrogen) atoms. The van der Waals surface area contributed by atoms with Gasteiger partial charge < -0.3 is 14.6 Å². The SMILES string of the molecule is CCOc1ccc(N2C(=O)C(O)=C(C(=O)CC(C)C)C2c2cccc(OCC)c2)cc1. The van der Waals surface area contributed by atoms with Gasteiger partial charge in [-0.3, -0.25) is 14.5 Å². The van der Waals surface area contributed by atoms with Crippen molar-refractivity contribution in [3.8, 4) is 11.5 Å². The molecule has 0 spiro atoms. The number of aliphatic hydroxyl groups is 1. The van der Waals surface area contributed by atoms with Gasteiger partial charge in [0.2, 0.25) is 0 Å². The Balaban J connectivity index is 2.10. The van der Waals surface area contributed by atoms with E-state index in [1.807, 2.05) is 52.0 Å². The second kappa shape index (κ2) is 9.69. The monoisotopic (exact) mass is 423 g/mol. The number of aliphatic hydroxyl groups excluding tert-OH is 1. The number of ketones is 1. The van der Waals surface area contributed by atoms with Crippen LogP contribution >= 0.6 is 0 Å². The molecule has 1 aliphatic rings. The number of hydrogen-bond acceptors (Lipinski definition) is 5. The second-order valence-electron chi connectivity index (χ2n) is 7.79. The molecule has 0 aliphatic carbocycles. The Labute approximate surface area is 183 Å². The van der Waals surface area contributed by atoms with Crippen LogP contribution in [0.2, 0.25) is 0 Å². The summed E-state index contributed by atoms with van der Waals surface area (Å²) in [6.07, 6.45) is 0.242. The second-order valence-corrected chi connectivity index (χ2v) is 7.79. The Bertz CT molecular complexity index is 978. The summed E-state index contributed by atoms with van der Waals surface area (Å²) in [7, 11) is 0. The predicted octanol–water partition coefficient (Wildman–Crippen LogP) is 5.00. The lowest BCUT2D eigenvalue weighted by Crippen LogP contribution is -2.31. The molecule has 1 aliphatic heterocycles. The minimum atomic E-state index is -0.739. The first-order chi connectivity index (χ1) is 14.9. The Kier molecular flexibility index (Phi) is 7.00. The maximum absolute atomic E-state index is 13.1. The van der Waals surface area contributed by atoms with Crippen molar-refractivity contribution in [2.24, 2.45) is 5.92 Å². The van der Waals surface area contributed by atoms with Crippen LogP contribution in [0.4, 0.5) is 5.69 Å². The molecular formula is C25H29NO5. The van der Waals surface area contributed by atoms with E-state index in [0.29, 0.717) is 36.0 Å². The van der Waals surface area contributed by atoms with Crippen molar-refractivity contribution in [1.82, 2.24) is 0 Å². The number of hydrogen-bond donors (Lipinski definition) is 1. The molecule has 0 saturated carbocycles. The van der Waals surface area contributed by atoms with E-state index in [9.17, 15) is 14.7 Å². The molecule has 1 N–H and O–H groups in total. The average molecular weight is 424 g/mol. The number of nitrogens with zero attached hydrogens (tertiary/aromatic N) is 1. The first-order valence-corrected chi connectivity index (χ1v) is 10.6. The first kappa shape index (κ1) is 22.4. The van der Waals surface area contributed by atoms with Crippen LogP contribution in [0.5, 0.6) is 11.5 Å². The highest BCUT2D eigenvalue weighted by atomic mass is 16.5. The van der Waals surface area contributed by atoms with E-state index < -0.39 is 17.7 Å². The summed E-state index contributed by atoms with van der Waals surface area (Å²) in [5.41, 5.74) is 1.39. The van der Waals surface area contributed by atoms with Crippen molar-refractivity contribution in [2.45, 2.75) is 40.2 Å². The van der Waals surface area contributed by atoms with Crippen LogP contribution in [0, 0.1) is 5.92 Å². The van der Waals surface area contributed by atoms with Crippen LogP contribution < -0.4 is 14.4 Å². The van der Waals surface area contributed by atoms with Crippen molar-refractivity contribution < 1.29 is 24.2 Å². The van der Waals surface area contributed by atoms with E-state index in [4.69, 9.17) is 9.47 Å². The van der Waals surface area contributed by atoms with Crippen molar-refractivity contribution in [2.75, 3.05) is 18.1 Å². The summed E-state index contributed by atoms with van der Waals surface area (Å²) >= 11 is 0. The van der Waals surface area contributed by atoms with Gasteiger partial charge in [-0.25, -0.2) is 0 Å². The zero-order valence-electron chi connectivity index (χ0n) is 18.4. The Morgan fingerprint density at radius 1 is 1.03 bits per heavy atom. The van der Waals surface area contributed by atoms with Gasteiger partial charge in [0.05, 0.1) is 24.8 Å². The molecule has 0 saturated heterocycles. The summed E-state index contributed by atoms with van der Waals surface area (Å²) in [6, 6.07) is 13.6. The molecule has 164 valence electrons. The fourth-order valence-corrected chi connectivity index (χ4v) is 3.76. The molecule has 6 heteroatoms. The normalized spacial score (nSPS) is 16.2. The molecule has 2 aromatic rings. The number of Topliss-reactive ketones (excluding diaryl/α,β-unsaturated/α-hetero) is 1. The Morgan fingerprint density at radius 2 is 1.68 bits per heavy atom. The highest BCUT2D eigenvalue weighted by Crippen LogP contribution is 2.42. The molecule has 0 radical (unpaired) electrons. The van der Waals surface area contributed by atoms with Crippen molar-refractivity contribution in [1.29, 1.82) is 0 Å². The van der Waals surface area contributed by atoms with Gasteiger partial charge in [0.15, 0.2) is 11.5 Å². The number of carbonyl (C=O) groups excluding carboxylic acids is 2. The molecule has 2 aromatic carbocycles. The lowest BCUT2D eigenvalue weighted by atomic mass is 9.92. The fraction of sp³-hybridized carbons (Fsp3) is 0.360. The maximum Gasteiger partial charge on any atom is 0.294 e. The fourth-order valence-electron chi connectivity index (χ4n) is 3.76. The third-order valence-electron chi connectivity index (χ3n) is 5.01. The molecular weight excluding hydrogens is 394 g/mol. The molecule has 1 atom stereocenters.